The number of cyclic esters (lactones) is 2. The second-order valence-corrected chi connectivity index (χ2v) is 17.1. The van der Waals surface area contributed by atoms with Crippen molar-refractivity contribution in [1.29, 1.82) is 0 Å². The molecule has 6 aromatic rings. The summed E-state index contributed by atoms with van der Waals surface area (Å²) in [6.45, 7) is 15.8. The van der Waals surface area contributed by atoms with Crippen molar-refractivity contribution >= 4 is 57.2 Å². The number of hydrogen-bond donors (Lipinski definition) is 3. The van der Waals surface area contributed by atoms with Gasteiger partial charge in [-0.1, -0.05) is 91.5 Å². The van der Waals surface area contributed by atoms with Crippen molar-refractivity contribution in [2.45, 2.75) is 93.9 Å². The summed E-state index contributed by atoms with van der Waals surface area (Å²) in [6.07, 6.45) is 5.72. The van der Waals surface area contributed by atoms with Crippen LogP contribution < -0.4 is 10.6 Å². The zero-order valence-corrected chi connectivity index (χ0v) is 37.3. The fraction of sp³-hybridized carbons (Fsp3) is 0.417. The van der Waals surface area contributed by atoms with Crippen LogP contribution in [0, 0.1) is 49.4 Å². The van der Waals surface area contributed by atoms with E-state index in [2.05, 4.69) is 52.8 Å². The third-order valence-corrected chi connectivity index (χ3v) is 11.8. The predicted molar refractivity (Wildman–Crippen MR) is 241 cm³/mol. The first kappa shape index (κ1) is 45.9. The second kappa shape index (κ2) is 19.6. The van der Waals surface area contributed by atoms with E-state index in [0.717, 1.165) is 59.2 Å². The van der Waals surface area contributed by atoms with Crippen LogP contribution in [0.25, 0.3) is 33.4 Å². The first-order valence-corrected chi connectivity index (χ1v) is 21.7. The molecule has 63 heavy (non-hydrogen) atoms. The van der Waals surface area contributed by atoms with Gasteiger partial charge in [0, 0.05) is 5.92 Å². The highest BCUT2D eigenvalue weighted by Gasteiger charge is 2.47. The maximum absolute atomic E-state index is 13.3. The number of aromatic hydroxyl groups is 2. The average molecular weight is 859 g/mol. The lowest BCUT2D eigenvalue weighted by Crippen LogP contribution is -2.31. The van der Waals surface area contributed by atoms with Crippen LogP contribution in [-0.2, 0) is 23.9 Å². The number of aryl methyl sites for hydroxylation is 2. The smallest absolute Gasteiger partial charge is 0.317 e. The number of nitrogens with two attached hydrogens (primary N) is 1. The first-order valence-electron chi connectivity index (χ1n) is 21.7. The van der Waals surface area contributed by atoms with Crippen molar-refractivity contribution in [2.24, 2.45) is 35.5 Å². The van der Waals surface area contributed by atoms with Gasteiger partial charge in [0.25, 0.3) is 0 Å². The molecular weight excluding hydrogens is 801 g/mol. The number of ether oxygens (including phenoxy) is 1. The van der Waals surface area contributed by atoms with E-state index >= 15 is 0 Å². The number of hydrogen-bond acceptors (Lipinski definition) is 12. The molecule has 4 aromatic carbocycles. The van der Waals surface area contributed by atoms with E-state index in [-0.39, 0.29) is 58.7 Å². The highest BCUT2D eigenvalue weighted by molar-refractivity contribution is 6.22. The van der Waals surface area contributed by atoms with Crippen molar-refractivity contribution in [3.8, 4) is 22.9 Å². The number of aromatic nitrogens is 6. The van der Waals surface area contributed by atoms with Crippen LogP contribution in [0.3, 0.4) is 0 Å². The third-order valence-electron chi connectivity index (χ3n) is 11.8. The summed E-state index contributed by atoms with van der Waals surface area (Å²) in [5.74, 6) is -1.77. The number of carbonyl (C=O) groups is 4. The number of fused-ring (bicyclic) bond motifs is 2. The number of benzene rings is 4. The third kappa shape index (κ3) is 10.0. The number of phenolic OH excluding ortho intramolecular Hbond substituents is 2. The van der Waals surface area contributed by atoms with Gasteiger partial charge in [-0.2, -0.15) is 0 Å². The molecule has 0 radical (unpaired) electrons. The largest absolute Gasteiger partial charge is 0.504 e. The van der Waals surface area contributed by atoms with E-state index in [0.29, 0.717) is 46.4 Å². The molecule has 8 rings (SSSR count). The van der Waals surface area contributed by atoms with E-state index < -0.39 is 5.92 Å². The number of phenols is 2. The van der Waals surface area contributed by atoms with Gasteiger partial charge < -0.3 is 20.7 Å². The van der Waals surface area contributed by atoms with Crippen molar-refractivity contribution in [1.82, 2.24) is 30.0 Å². The molecule has 4 N–H and O–H groups in total. The van der Waals surface area contributed by atoms with Gasteiger partial charge in [-0.05, 0) is 98.2 Å². The van der Waals surface area contributed by atoms with Crippen LogP contribution >= 0.6 is 0 Å². The summed E-state index contributed by atoms with van der Waals surface area (Å²) in [4.78, 5) is 52.6. The zero-order valence-electron chi connectivity index (χ0n) is 37.3. The van der Waals surface area contributed by atoms with E-state index in [1.165, 1.54) is 9.59 Å². The van der Waals surface area contributed by atoms with Gasteiger partial charge in [-0.15, -0.1) is 30.0 Å². The lowest BCUT2D eigenvalue weighted by atomic mass is 9.86. The van der Waals surface area contributed by atoms with Crippen molar-refractivity contribution in [3.63, 3.8) is 0 Å². The van der Waals surface area contributed by atoms with Crippen LogP contribution in [0.2, 0.25) is 0 Å². The van der Waals surface area contributed by atoms with Crippen LogP contribution in [0.15, 0.2) is 72.8 Å². The van der Waals surface area contributed by atoms with Crippen LogP contribution in [0.1, 0.15) is 91.2 Å². The van der Waals surface area contributed by atoms with Gasteiger partial charge in [0.15, 0.2) is 11.5 Å². The molecule has 2 aromatic heterocycles. The molecule has 0 bridgehead atoms. The molecular formula is C48H58N8O7. The fourth-order valence-electron chi connectivity index (χ4n) is 8.37. The molecule has 0 aliphatic carbocycles. The normalized spacial score (nSPS) is 19.5. The van der Waals surface area contributed by atoms with E-state index in [1.807, 2.05) is 62.4 Å². The molecule has 2 fully saturated rings. The number of rotatable bonds is 11. The van der Waals surface area contributed by atoms with Crippen LogP contribution in [-0.4, -0.2) is 64.0 Å². The van der Waals surface area contributed by atoms with Gasteiger partial charge >= 0.3 is 11.9 Å². The molecule has 15 heteroatoms. The van der Waals surface area contributed by atoms with Gasteiger partial charge in [0.05, 0.1) is 29.1 Å². The Kier molecular flexibility index (Phi) is 14.3. The van der Waals surface area contributed by atoms with E-state index in [1.54, 1.807) is 38.1 Å². The van der Waals surface area contributed by atoms with E-state index in [4.69, 9.17) is 5.73 Å². The minimum absolute atomic E-state index is 0.000839. The van der Waals surface area contributed by atoms with Gasteiger partial charge in [-0.3, -0.25) is 19.2 Å². The number of imide groups is 1. The van der Waals surface area contributed by atoms with Gasteiger partial charge in [0.2, 0.25) is 11.8 Å². The zero-order chi connectivity index (χ0) is 45.7. The summed E-state index contributed by atoms with van der Waals surface area (Å²) in [7, 11) is 0. The second-order valence-electron chi connectivity index (χ2n) is 17.1. The van der Waals surface area contributed by atoms with Crippen molar-refractivity contribution < 1.29 is 34.1 Å². The maximum Gasteiger partial charge on any atom is 0.317 e. The van der Waals surface area contributed by atoms with Crippen LogP contribution in [0.4, 0.5) is 11.4 Å². The van der Waals surface area contributed by atoms with Gasteiger partial charge in [-0.25, -0.2) is 4.90 Å². The maximum atomic E-state index is 13.3. The summed E-state index contributed by atoms with van der Waals surface area (Å²) in [5, 5.41) is 38.6. The minimum Gasteiger partial charge on any atom is -0.504 e. The van der Waals surface area contributed by atoms with Gasteiger partial charge in [0.1, 0.15) is 33.4 Å². The Balaban J connectivity index is 0.000000174. The first-order chi connectivity index (χ1) is 30.0. The standard InChI is InChI=1S/C24H28N4O3.C13H12N4O.C11H18O3/c1-5-8-14(2)11-17-16(4)23(30)27(24(17)31)20-12-15(3)13-21(22(20)29)28-25-18-9-6-7-10-19(18)26-28;1-8-6-9(14)13(18)12(7-8)17-15-10-4-2-3-5-11(10)16-17;1-4-5-7(2)6-9-8(3)10(12)14-11(9)13/h6-7,9-10,12-14,16-17,29H,5,8,11H2,1-4H3;2-7,18H,14H2,1H3;7-9H,4-6H2,1-3H3. The molecule has 15 nitrogen and oxygen atoms in total. The van der Waals surface area contributed by atoms with Crippen molar-refractivity contribution in [2.75, 3.05) is 10.6 Å². The topological polar surface area (TPSA) is 209 Å². The number of esters is 2. The molecule has 4 heterocycles. The Hall–Kier alpha value is -6.64. The summed E-state index contributed by atoms with van der Waals surface area (Å²) >= 11 is 0. The Morgan fingerprint density at radius 3 is 1.49 bits per heavy atom. The summed E-state index contributed by atoms with van der Waals surface area (Å²) < 4.78 is 4.59. The highest BCUT2D eigenvalue weighted by atomic mass is 16.6. The quantitative estimate of drug-likeness (QED) is 0.0368. The molecule has 2 aliphatic rings. The van der Waals surface area contributed by atoms with Crippen LogP contribution in [0.5, 0.6) is 11.5 Å². The molecule has 2 saturated heterocycles. The number of anilines is 2. The molecule has 332 valence electrons. The monoisotopic (exact) mass is 858 g/mol. The van der Waals surface area contributed by atoms with Crippen molar-refractivity contribution in [3.05, 3.63) is 83.9 Å². The summed E-state index contributed by atoms with van der Waals surface area (Å²) in [5.41, 5.74) is 11.8. The highest BCUT2D eigenvalue weighted by Crippen LogP contribution is 2.42. The van der Waals surface area contributed by atoms with E-state index in [9.17, 15) is 29.4 Å². The Morgan fingerprint density at radius 2 is 1.05 bits per heavy atom. The number of amides is 2. The fourth-order valence-corrected chi connectivity index (χ4v) is 8.37. The molecule has 0 saturated carbocycles. The Bertz CT molecular complexity index is 2570. The number of nitrogens with zero attached hydrogens (tertiary/aromatic N) is 7. The molecule has 6 atom stereocenters. The lowest BCUT2D eigenvalue weighted by molar-refractivity contribution is -0.153. The SMILES string of the molecule is CCCC(C)CC1C(=O)N(c2cc(C)cc(-n3nc4ccccc4n3)c2O)C(=O)C1C.CCCC(C)CC1C(=O)OC(=O)C1C.Cc1cc(N)c(O)c(-n2nc3ccccc3n2)c1. The number of nitrogen functional groups attached to an aromatic ring is 1. The lowest BCUT2D eigenvalue weighted by Gasteiger charge is -2.19. The number of carbonyl (C=O) groups excluding carboxylic acids is 4. The Labute approximate surface area is 367 Å². The molecule has 6 unspecified atom stereocenters. The predicted octanol–water partition coefficient (Wildman–Crippen LogP) is 8.55. The minimum atomic E-state index is -0.416. The average Bonchev–Trinajstić information content (AvgIpc) is 3.99. The molecule has 2 amide bonds. The molecule has 0 spiro atoms. The summed E-state index contributed by atoms with van der Waals surface area (Å²) in [6, 6.07) is 21.9. The molecule has 2 aliphatic heterocycles. The Morgan fingerprint density at radius 1 is 0.619 bits per heavy atom.